The summed E-state index contributed by atoms with van der Waals surface area (Å²) in [6.45, 7) is 1.60. The fourth-order valence-corrected chi connectivity index (χ4v) is 2.56. The van der Waals surface area contributed by atoms with Crippen LogP contribution in [-0.4, -0.2) is 14.3 Å². The highest BCUT2D eigenvalue weighted by molar-refractivity contribution is 7.89. The molecule has 1 amide bonds. The Morgan fingerprint density at radius 2 is 1.87 bits per heavy atom. The predicted molar refractivity (Wildman–Crippen MR) is 80.1 cm³/mol. The monoisotopic (exact) mass is 340 g/mol. The van der Waals surface area contributed by atoms with E-state index >= 15 is 0 Å². The Morgan fingerprint density at radius 1 is 1.17 bits per heavy atom. The minimum atomic E-state index is -3.87. The SMILES string of the molecule is C[C@H](NC(=O)c1ccc(F)cc1F)c1cccc(S(N)(=O)=O)c1. The number of hydrogen-bond donors (Lipinski definition) is 2. The third kappa shape index (κ3) is 4.11. The number of sulfonamides is 1. The van der Waals surface area contributed by atoms with E-state index in [9.17, 15) is 22.0 Å². The molecule has 122 valence electrons. The maximum atomic E-state index is 13.6. The second kappa shape index (κ2) is 6.43. The average Bonchev–Trinajstić information content (AvgIpc) is 2.46. The van der Waals surface area contributed by atoms with Crippen molar-refractivity contribution in [3.8, 4) is 0 Å². The molecule has 8 heteroatoms. The number of carbonyl (C=O) groups excluding carboxylic acids is 1. The number of hydrogen-bond acceptors (Lipinski definition) is 3. The van der Waals surface area contributed by atoms with E-state index in [1.54, 1.807) is 13.0 Å². The number of benzene rings is 2. The molecule has 0 heterocycles. The molecule has 0 radical (unpaired) electrons. The Morgan fingerprint density at radius 3 is 2.48 bits per heavy atom. The van der Waals surface area contributed by atoms with Crippen LogP contribution in [0.25, 0.3) is 0 Å². The lowest BCUT2D eigenvalue weighted by atomic mass is 10.1. The van der Waals surface area contributed by atoms with Gasteiger partial charge < -0.3 is 5.32 Å². The second-order valence-corrected chi connectivity index (χ2v) is 6.50. The average molecular weight is 340 g/mol. The van der Waals surface area contributed by atoms with Crippen molar-refractivity contribution in [3.63, 3.8) is 0 Å². The molecule has 0 unspecified atom stereocenters. The summed E-state index contributed by atoms with van der Waals surface area (Å²) in [6.07, 6.45) is 0. The third-order valence-electron chi connectivity index (χ3n) is 3.21. The van der Waals surface area contributed by atoms with Crippen LogP contribution in [0, 0.1) is 11.6 Å². The van der Waals surface area contributed by atoms with Crippen molar-refractivity contribution < 1.29 is 22.0 Å². The molecule has 2 rings (SSSR count). The molecular formula is C15H14F2N2O3S. The molecule has 0 spiro atoms. The van der Waals surface area contributed by atoms with E-state index < -0.39 is 33.6 Å². The Hall–Kier alpha value is -2.32. The van der Waals surface area contributed by atoms with Gasteiger partial charge in [0.1, 0.15) is 11.6 Å². The highest BCUT2D eigenvalue weighted by Crippen LogP contribution is 2.18. The lowest BCUT2D eigenvalue weighted by Crippen LogP contribution is -2.27. The first-order valence-corrected chi connectivity index (χ1v) is 8.12. The van der Waals surface area contributed by atoms with Gasteiger partial charge in [-0.05, 0) is 36.8 Å². The Balaban J connectivity index is 2.22. The number of rotatable bonds is 4. The topological polar surface area (TPSA) is 89.3 Å². The first-order chi connectivity index (χ1) is 10.7. The standard InChI is InChI=1S/C15H14F2N2O3S/c1-9(10-3-2-4-12(7-10)23(18,21)22)19-15(20)13-6-5-11(16)8-14(13)17/h2-9H,1H3,(H,19,20)(H2,18,21,22)/t9-/m0/s1. The van der Waals surface area contributed by atoms with Gasteiger partial charge in [-0.3, -0.25) is 4.79 Å². The normalized spacial score (nSPS) is 12.7. The van der Waals surface area contributed by atoms with Crippen LogP contribution in [0.2, 0.25) is 0 Å². The molecule has 23 heavy (non-hydrogen) atoms. The molecule has 0 aliphatic rings. The molecule has 0 aliphatic heterocycles. The van der Waals surface area contributed by atoms with Gasteiger partial charge in [-0.15, -0.1) is 0 Å². The van der Waals surface area contributed by atoms with E-state index in [0.29, 0.717) is 11.6 Å². The minimum Gasteiger partial charge on any atom is -0.345 e. The Kier molecular flexibility index (Phi) is 4.76. The van der Waals surface area contributed by atoms with Crippen LogP contribution in [0.15, 0.2) is 47.4 Å². The number of nitrogens with two attached hydrogens (primary N) is 1. The summed E-state index contributed by atoms with van der Waals surface area (Å²) in [7, 11) is -3.87. The van der Waals surface area contributed by atoms with Gasteiger partial charge in [0.25, 0.3) is 5.91 Å². The zero-order valence-corrected chi connectivity index (χ0v) is 12.9. The molecule has 0 saturated carbocycles. The first-order valence-electron chi connectivity index (χ1n) is 6.57. The molecule has 2 aromatic carbocycles. The van der Waals surface area contributed by atoms with E-state index in [4.69, 9.17) is 5.14 Å². The molecular weight excluding hydrogens is 326 g/mol. The van der Waals surface area contributed by atoms with Crippen molar-refractivity contribution >= 4 is 15.9 Å². The molecule has 5 nitrogen and oxygen atoms in total. The summed E-state index contributed by atoms with van der Waals surface area (Å²) < 4.78 is 49.1. The quantitative estimate of drug-likeness (QED) is 0.893. The Labute approximate surface area is 132 Å². The van der Waals surface area contributed by atoms with Crippen molar-refractivity contribution in [2.24, 2.45) is 5.14 Å². The van der Waals surface area contributed by atoms with E-state index in [1.165, 1.54) is 18.2 Å². The van der Waals surface area contributed by atoms with Gasteiger partial charge in [0, 0.05) is 6.07 Å². The fraction of sp³-hybridized carbons (Fsp3) is 0.133. The third-order valence-corrected chi connectivity index (χ3v) is 4.12. The number of nitrogens with one attached hydrogen (secondary N) is 1. The lowest BCUT2D eigenvalue weighted by molar-refractivity contribution is 0.0935. The van der Waals surface area contributed by atoms with Crippen molar-refractivity contribution in [2.45, 2.75) is 17.9 Å². The number of halogens is 2. The molecule has 2 aromatic rings. The van der Waals surface area contributed by atoms with Crippen LogP contribution in [0.1, 0.15) is 28.9 Å². The van der Waals surface area contributed by atoms with Crippen LogP contribution in [0.4, 0.5) is 8.78 Å². The molecule has 0 saturated heterocycles. The summed E-state index contributed by atoms with van der Waals surface area (Å²) in [6, 6.07) is 7.75. The molecule has 3 N–H and O–H groups in total. The van der Waals surface area contributed by atoms with E-state index in [2.05, 4.69) is 5.32 Å². The Bertz CT molecular complexity index is 854. The van der Waals surface area contributed by atoms with Crippen molar-refractivity contribution in [1.29, 1.82) is 0 Å². The van der Waals surface area contributed by atoms with Crippen LogP contribution < -0.4 is 10.5 Å². The van der Waals surface area contributed by atoms with Crippen LogP contribution >= 0.6 is 0 Å². The van der Waals surface area contributed by atoms with Crippen LogP contribution in [0.5, 0.6) is 0 Å². The lowest BCUT2D eigenvalue weighted by Gasteiger charge is -2.15. The number of amides is 1. The zero-order chi connectivity index (χ0) is 17.2. The largest absolute Gasteiger partial charge is 0.345 e. The smallest absolute Gasteiger partial charge is 0.254 e. The first kappa shape index (κ1) is 17.0. The van der Waals surface area contributed by atoms with Gasteiger partial charge in [0.05, 0.1) is 16.5 Å². The molecule has 0 aliphatic carbocycles. The zero-order valence-electron chi connectivity index (χ0n) is 12.1. The van der Waals surface area contributed by atoms with Crippen molar-refractivity contribution in [1.82, 2.24) is 5.32 Å². The highest BCUT2D eigenvalue weighted by Gasteiger charge is 2.17. The summed E-state index contributed by atoms with van der Waals surface area (Å²) in [4.78, 5) is 11.9. The van der Waals surface area contributed by atoms with Gasteiger partial charge in [-0.1, -0.05) is 12.1 Å². The summed E-state index contributed by atoms with van der Waals surface area (Å²) in [5.41, 5.74) is 0.174. The van der Waals surface area contributed by atoms with E-state index in [-0.39, 0.29) is 10.5 Å². The molecule has 0 bridgehead atoms. The van der Waals surface area contributed by atoms with Crippen LogP contribution in [-0.2, 0) is 10.0 Å². The second-order valence-electron chi connectivity index (χ2n) is 4.94. The maximum absolute atomic E-state index is 13.6. The highest BCUT2D eigenvalue weighted by atomic mass is 32.2. The van der Waals surface area contributed by atoms with E-state index in [0.717, 1.165) is 12.1 Å². The van der Waals surface area contributed by atoms with Gasteiger partial charge >= 0.3 is 0 Å². The molecule has 0 fully saturated rings. The number of primary sulfonamides is 1. The molecule has 0 aromatic heterocycles. The van der Waals surface area contributed by atoms with E-state index in [1.807, 2.05) is 0 Å². The summed E-state index contributed by atoms with van der Waals surface area (Å²) >= 11 is 0. The summed E-state index contributed by atoms with van der Waals surface area (Å²) in [5.74, 6) is -2.50. The van der Waals surface area contributed by atoms with Gasteiger partial charge in [-0.25, -0.2) is 22.3 Å². The number of carbonyl (C=O) groups is 1. The van der Waals surface area contributed by atoms with Gasteiger partial charge in [-0.2, -0.15) is 0 Å². The maximum Gasteiger partial charge on any atom is 0.254 e. The van der Waals surface area contributed by atoms with Gasteiger partial charge in [0.15, 0.2) is 0 Å². The van der Waals surface area contributed by atoms with Gasteiger partial charge in [0.2, 0.25) is 10.0 Å². The molecule has 1 atom stereocenters. The minimum absolute atomic E-state index is 0.0935. The van der Waals surface area contributed by atoms with Crippen molar-refractivity contribution in [3.05, 3.63) is 65.2 Å². The van der Waals surface area contributed by atoms with Crippen molar-refractivity contribution in [2.75, 3.05) is 0 Å². The fourth-order valence-electron chi connectivity index (χ4n) is 1.99. The summed E-state index contributed by atoms with van der Waals surface area (Å²) in [5, 5.41) is 7.57. The predicted octanol–water partition coefficient (Wildman–Crippen LogP) is 2.10. The van der Waals surface area contributed by atoms with Crippen LogP contribution in [0.3, 0.4) is 0 Å².